The van der Waals surface area contributed by atoms with E-state index in [0.29, 0.717) is 12.3 Å². The molecule has 0 heterocycles. The van der Waals surface area contributed by atoms with Gasteiger partial charge in [0, 0.05) is 13.0 Å². The smallest absolute Gasteiger partial charge is 0.139 e. The van der Waals surface area contributed by atoms with Gasteiger partial charge in [0.1, 0.15) is 11.6 Å². The van der Waals surface area contributed by atoms with Crippen molar-refractivity contribution in [2.75, 3.05) is 13.7 Å². The second-order valence-electron chi connectivity index (χ2n) is 4.07. The van der Waals surface area contributed by atoms with E-state index in [0.717, 1.165) is 31.7 Å². The first-order valence-electron chi connectivity index (χ1n) is 6.06. The molecule has 1 aromatic carbocycles. The van der Waals surface area contributed by atoms with Crippen LogP contribution in [0.25, 0.3) is 0 Å². The summed E-state index contributed by atoms with van der Waals surface area (Å²) < 4.78 is 5.10. The Labute approximate surface area is 108 Å². The van der Waals surface area contributed by atoms with Crippen molar-refractivity contribution in [3.8, 4) is 5.75 Å². The van der Waals surface area contributed by atoms with E-state index in [2.05, 4.69) is 10.5 Å². The number of nitrogens with one attached hydrogen (secondary N) is 1. The average molecular weight is 251 g/mol. The summed E-state index contributed by atoms with van der Waals surface area (Å²) in [5.74, 6) is 1.17. The number of nitrogens with two attached hydrogens (primary N) is 1. The van der Waals surface area contributed by atoms with Crippen LogP contribution in [0.1, 0.15) is 24.8 Å². The molecule has 0 atom stereocenters. The zero-order valence-electron chi connectivity index (χ0n) is 10.7. The predicted octanol–water partition coefficient (Wildman–Crippen LogP) is 1.70. The molecule has 0 bridgehead atoms. The topological polar surface area (TPSA) is 79.9 Å². The second-order valence-corrected chi connectivity index (χ2v) is 4.07. The Morgan fingerprint density at radius 2 is 2.06 bits per heavy atom. The number of rotatable bonds is 8. The predicted molar refractivity (Wildman–Crippen MR) is 72.0 cm³/mol. The van der Waals surface area contributed by atoms with E-state index >= 15 is 0 Å². The summed E-state index contributed by atoms with van der Waals surface area (Å²) in [6.07, 6.45) is 2.57. The first-order chi connectivity index (χ1) is 8.76. The molecule has 0 fully saturated rings. The Balaban J connectivity index is 2.10. The maximum Gasteiger partial charge on any atom is 0.139 e. The molecule has 100 valence electrons. The number of hydrogen-bond donors (Lipinski definition) is 3. The van der Waals surface area contributed by atoms with E-state index in [1.807, 2.05) is 24.3 Å². The lowest BCUT2D eigenvalue weighted by molar-refractivity contribution is 0.316. The van der Waals surface area contributed by atoms with E-state index in [-0.39, 0.29) is 0 Å². The maximum atomic E-state index is 8.37. The zero-order valence-corrected chi connectivity index (χ0v) is 10.7. The quantitative estimate of drug-likeness (QED) is 0.216. The molecule has 5 nitrogen and oxygen atoms in total. The maximum absolute atomic E-state index is 8.37. The number of amidine groups is 1. The monoisotopic (exact) mass is 251 g/mol. The highest BCUT2D eigenvalue weighted by Gasteiger charge is 1.96. The van der Waals surface area contributed by atoms with Crippen LogP contribution in [0.2, 0.25) is 0 Å². The molecule has 0 aromatic heterocycles. The summed E-state index contributed by atoms with van der Waals surface area (Å²) in [7, 11) is 1.66. The van der Waals surface area contributed by atoms with E-state index in [9.17, 15) is 0 Å². The van der Waals surface area contributed by atoms with Crippen LogP contribution in [0.15, 0.2) is 29.4 Å². The number of ether oxygens (including phenoxy) is 1. The fourth-order valence-electron chi connectivity index (χ4n) is 1.58. The normalized spacial score (nSPS) is 11.5. The Hall–Kier alpha value is -1.75. The molecule has 0 aliphatic heterocycles. The van der Waals surface area contributed by atoms with Gasteiger partial charge in [-0.2, -0.15) is 0 Å². The second kappa shape index (κ2) is 8.36. The molecular formula is C13H21N3O2. The Kier molecular flexibility index (Phi) is 6.64. The third-order valence-electron chi connectivity index (χ3n) is 2.65. The molecule has 0 unspecified atom stereocenters. The van der Waals surface area contributed by atoms with Gasteiger partial charge in [0.25, 0.3) is 0 Å². The SMILES string of the molecule is COc1ccc(CNCCCCC(N)=NO)cc1. The first kappa shape index (κ1) is 14.3. The van der Waals surface area contributed by atoms with E-state index in [1.165, 1.54) is 5.56 Å². The molecule has 4 N–H and O–H groups in total. The third kappa shape index (κ3) is 5.54. The van der Waals surface area contributed by atoms with Gasteiger partial charge in [-0.05, 0) is 37.1 Å². The average Bonchev–Trinajstić information content (AvgIpc) is 2.43. The van der Waals surface area contributed by atoms with E-state index in [1.54, 1.807) is 7.11 Å². The van der Waals surface area contributed by atoms with Crippen LogP contribution < -0.4 is 15.8 Å². The van der Waals surface area contributed by atoms with Gasteiger partial charge in [-0.15, -0.1) is 0 Å². The molecule has 0 amide bonds. The van der Waals surface area contributed by atoms with Crippen LogP contribution in [0, 0.1) is 0 Å². The van der Waals surface area contributed by atoms with Gasteiger partial charge < -0.3 is 21.0 Å². The van der Waals surface area contributed by atoms with Gasteiger partial charge in [0.15, 0.2) is 0 Å². The number of oxime groups is 1. The minimum Gasteiger partial charge on any atom is -0.497 e. The summed E-state index contributed by atoms with van der Waals surface area (Å²) in [6.45, 7) is 1.76. The highest BCUT2D eigenvalue weighted by Crippen LogP contribution is 2.10. The molecule has 0 aliphatic carbocycles. The number of hydrogen-bond acceptors (Lipinski definition) is 4. The standard InChI is InChI=1S/C13H21N3O2/c1-18-12-7-5-11(6-8-12)10-15-9-3-2-4-13(14)16-17/h5-8,15,17H,2-4,9-10H2,1H3,(H2,14,16). The van der Waals surface area contributed by atoms with Crippen LogP contribution in [-0.4, -0.2) is 24.7 Å². The Morgan fingerprint density at radius 3 is 2.67 bits per heavy atom. The van der Waals surface area contributed by atoms with Crippen molar-refractivity contribution in [2.45, 2.75) is 25.8 Å². The van der Waals surface area contributed by atoms with Crippen LogP contribution in [0.3, 0.4) is 0 Å². The Morgan fingerprint density at radius 1 is 1.33 bits per heavy atom. The molecule has 0 saturated heterocycles. The van der Waals surface area contributed by atoms with Crippen molar-refractivity contribution in [1.29, 1.82) is 0 Å². The van der Waals surface area contributed by atoms with Crippen LogP contribution >= 0.6 is 0 Å². The summed E-state index contributed by atoms with van der Waals surface area (Å²) in [4.78, 5) is 0. The van der Waals surface area contributed by atoms with Crippen molar-refractivity contribution in [2.24, 2.45) is 10.9 Å². The van der Waals surface area contributed by atoms with Crippen molar-refractivity contribution in [1.82, 2.24) is 5.32 Å². The van der Waals surface area contributed by atoms with Crippen LogP contribution in [0.4, 0.5) is 0 Å². The summed E-state index contributed by atoms with van der Waals surface area (Å²) >= 11 is 0. The highest BCUT2D eigenvalue weighted by atomic mass is 16.5. The third-order valence-corrected chi connectivity index (χ3v) is 2.65. The van der Waals surface area contributed by atoms with Gasteiger partial charge in [0.2, 0.25) is 0 Å². The fourth-order valence-corrected chi connectivity index (χ4v) is 1.58. The number of unbranched alkanes of at least 4 members (excludes halogenated alkanes) is 1. The van der Waals surface area contributed by atoms with E-state index in [4.69, 9.17) is 15.7 Å². The molecule has 1 aromatic rings. The minimum atomic E-state index is 0.296. The summed E-state index contributed by atoms with van der Waals surface area (Å²) in [5.41, 5.74) is 6.60. The van der Waals surface area contributed by atoms with Crippen molar-refractivity contribution in [3.63, 3.8) is 0 Å². The lowest BCUT2D eigenvalue weighted by atomic mass is 10.2. The molecular weight excluding hydrogens is 230 g/mol. The van der Waals surface area contributed by atoms with Gasteiger partial charge in [-0.3, -0.25) is 0 Å². The molecule has 18 heavy (non-hydrogen) atoms. The summed E-state index contributed by atoms with van der Waals surface area (Å²) in [5, 5.41) is 14.6. The van der Waals surface area contributed by atoms with Crippen molar-refractivity contribution in [3.05, 3.63) is 29.8 Å². The van der Waals surface area contributed by atoms with Gasteiger partial charge >= 0.3 is 0 Å². The zero-order chi connectivity index (χ0) is 13.2. The molecule has 0 spiro atoms. The number of methoxy groups -OCH3 is 1. The largest absolute Gasteiger partial charge is 0.497 e. The summed E-state index contributed by atoms with van der Waals surface area (Å²) in [6, 6.07) is 8.00. The minimum absolute atomic E-state index is 0.296. The van der Waals surface area contributed by atoms with Gasteiger partial charge in [0.05, 0.1) is 7.11 Å². The molecule has 0 radical (unpaired) electrons. The lowest BCUT2D eigenvalue weighted by Gasteiger charge is -2.06. The molecule has 1 rings (SSSR count). The van der Waals surface area contributed by atoms with Crippen molar-refractivity contribution >= 4 is 5.84 Å². The molecule has 0 aliphatic rings. The van der Waals surface area contributed by atoms with Crippen LogP contribution in [-0.2, 0) is 6.54 Å². The Bertz CT molecular complexity index is 363. The van der Waals surface area contributed by atoms with Crippen LogP contribution in [0.5, 0.6) is 5.75 Å². The number of nitrogens with zero attached hydrogens (tertiary/aromatic N) is 1. The first-order valence-corrected chi connectivity index (χ1v) is 6.06. The lowest BCUT2D eigenvalue weighted by Crippen LogP contribution is -2.16. The van der Waals surface area contributed by atoms with Gasteiger partial charge in [-0.1, -0.05) is 17.3 Å². The fraction of sp³-hybridized carbons (Fsp3) is 0.462. The van der Waals surface area contributed by atoms with E-state index < -0.39 is 0 Å². The van der Waals surface area contributed by atoms with Gasteiger partial charge in [-0.25, -0.2) is 0 Å². The molecule has 0 saturated carbocycles. The highest BCUT2D eigenvalue weighted by molar-refractivity contribution is 5.79. The van der Waals surface area contributed by atoms with Crippen molar-refractivity contribution < 1.29 is 9.94 Å². The molecule has 5 heteroatoms. The number of benzene rings is 1.